The second-order valence-corrected chi connectivity index (χ2v) is 9.17. The molecule has 1 aliphatic rings. The molecule has 30 heavy (non-hydrogen) atoms. The first-order chi connectivity index (χ1) is 14.4. The largest absolute Gasteiger partial charge is 0.497 e. The lowest BCUT2D eigenvalue weighted by molar-refractivity contribution is 0.112. The number of piperazine rings is 1. The molecule has 1 saturated heterocycles. The number of aromatic nitrogens is 1. The molecule has 1 aliphatic heterocycles. The van der Waals surface area contributed by atoms with Crippen molar-refractivity contribution in [1.82, 2.24) is 9.29 Å². The molecule has 2 heterocycles. The van der Waals surface area contributed by atoms with Gasteiger partial charge in [-0.05, 0) is 42.8 Å². The van der Waals surface area contributed by atoms with Crippen molar-refractivity contribution in [2.24, 2.45) is 0 Å². The Morgan fingerprint density at radius 3 is 2.37 bits per heavy atom. The van der Waals surface area contributed by atoms with Gasteiger partial charge in [-0.25, -0.2) is 13.4 Å². The van der Waals surface area contributed by atoms with Crippen molar-refractivity contribution < 1.29 is 17.9 Å². The topological polar surface area (TPSA) is 79.8 Å². The molecule has 0 radical (unpaired) electrons. The summed E-state index contributed by atoms with van der Waals surface area (Å²) >= 11 is 0. The Bertz CT molecular complexity index is 1180. The van der Waals surface area contributed by atoms with Crippen molar-refractivity contribution in [3.63, 3.8) is 0 Å². The van der Waals surface area contributed by atoms with Gasteiger partial charge in [0, 0.05) is 31.6 Å². The number of rotatable bonds is 5. The number of carbonyl (C=O) groups excluding carboxylic acids is 1. The van der Waals surface area contributed by atoms with Gasteiger partial charge in [0.15, 0.2) is 6.29 Å². The smallest absolute Gasteiger partial charge is 0.243 e. The SMILES string of the molecule is COc1ccc(S(=O)(=O)N2CCN(c3nc4c(C)cccc4cc3C=O)CC2)cc1. The van der Waals surface area contributed by atoms with Crippen LogP contribution in [-0.4, -0.2) is 57.3 Å². The molecule has 8 heteroatoms. The number of nitrogens with zero attached hydrogens (tertiary/aromatic N) is 3. The predicted molar refractivity (Wildman–Crippen MR) is 116 cm³/mol. The number of hydrogen-bond donors (Lipinski definition) is 0. The number of aryl methyl sites for hydroxylation is 1. The first kappa shape index (κ1) is 20.3. The molecule has 0 saturated carbocycles. The highest BCUT2D eigenvalue weighted by Gasteiger charge is 2.29. The lowest BCUT2D eigenvalue weighted by Gasteiger charge is -2.35. The summed E-state index contributed by atoms with van der Waals surface area (Å²) in [6, 6.07) is 14.1. The zero-order chi connectivity index (χ0) is 21.3. The van der Waals surface area contributed by atoms with E-state index < -0.39 is 10.0 Å². The Morgan fingerprint density at radius 1 is 1.03 bits per heavy atom. The van der Waals surface area contributed by atoms with Gasteiger partial charge < -0.3 is 9.64 Å². The summed E-state index contributed by atoms with van der Waals surface area (Å²) in [6.45, 7) is 3.54. The normalized spacial score (nSPS) is 15.3. The van der Waals surface area contributed by atoms with E-state index in [0.717, 1.165) is 22.8 Å². The predicted octanol–water partition coefficient (Wildman–Crippen LogP) is 2.88. The van der Waals surface area contributed by atoms with Gasteiger partial charge in [-0.15, -0.1) is 0 Å². The number of methoxy groups -OCH3 is 1. The van der Waals surface area contributed by atoms with Crippen molar-refractivity contribution in [2.75, 3.05) is 38.2 Å². The number of anilines is 1. The van der Waals surface area contributed by atoms with E-state index in [9.17, 15) is 13.2 Å². The van der Waals surface area contributed by atoms with Gasteiger partial charge in [0.1, 0.15) is 11.6 Å². The number of benzene rings is 2. The van der Waals surface area contributed by atoms with E-state index in [1.807, 2.05) is 36.1 Å². The Morgan fingerprint density at radius 2 is 1.73 bits per heavy atom. The molecular formula is C22H23N3O4S. The third-order valence-electron chi connectivity index (χ3n) is 5.42. The first-order valence-electron chi connectivity index (χ1n) is 9.69. The van der Waals surface area contributed by atoms with E-state index in [2.05, 4.69) is 0 Å². The number of hydrogen-bond acceptors (Lipinski definition) is 6. The lowest BCUT2D eigenvalue weighted by atomic mass is 10.1. The van der Waals surface area contributed by atoms with E-state index in [4.69, 9.17) is 9.72 Å². The average molecular weight is 426 g/mol. The summed E-state index contributed by atoms with van der Waals surface area (Å²) in [5, 5.41) is 0.918. The summed E-state index contributed by atoms with van der Waals surface area (Å²) in [7, 11) is -2.05. The summed E-state index contributed by atoms with van der Waals surface area (Å²) < 4.78 is 32.5. The number of pyridine rings is 1. The van der Waals surface area contributed by atoms with Crippen molar-refractivity contribution >= 4 is 33.0 Å². The first-order valence-corrected chi connectivity index (χ1v) is 11.1. The third-order valence-corrected chi connectivity index (χ3v) is 7.33. The van der Waals surface area contributed by atoms with Crippen LogP contribution in [0.2, 0.25) is 0 Å². The minimum absolute atomic E-state index is 0.241. The molecule has 0 unspecified atom stereocenters. The highest BCUT2D eigenvalue weighted by molar-refractivity contribution is 7.89. The van der Waals surface area contributed by atoms with Crippen LogP contribution in [-0.2, 0) is 10.0 Å². The number of fused-ring (bicyclic) bond motifs is 1. The van der Waals surface area contributed by atoms with Crippen molar-refractivity contribution in [1.29, 1.82) is 0 Å². The Labute approximate surface area is 175 Å². The summed E-state index contributed by atoms with van der Waals surface area (Å²) in [4.78, 5) is 18.6. The van der Waals surface area contributed by atoms with Crippen LogP contribution in [0.15, 0.2) is 53.4 Å². The standard InChI is InChI=1S/C22H23N3O4S/c1-16-4-3-5-17-14-18(15-26)22(23-21(16)17)24-10-12-25(13-11-24)30(27,28)20-8-6-19(29-2)7-9-20/h3-9,14-15H,10-13H2,1-2H3. The molecule has 0 atom stereocenters. The molecule has 156 valence electrons. The van der Waals surface area contributed by atoms with Crippen LogP contribution >= 0.6 is 0 Å². The van der Waals surface area contributed by atoms with E-state index in [-0.39, 0.29) is 4.90 Å². The average Bonchev–Trinajstić information content (AvgIpc) is 2.78. The van der Waals surface area contributed by atoms with E-state index in [1.54, 1.807) is 31.4 Å². The van der Waals surface area contributed by atoms with Crippen molar-refractivity contribution in [3.05, 3.63) is 59.7 Å². The van der Waals surface area contributed by atoms with Gasteiger partial charge >= 0.3 is 0 Å². The maximum atomic E-state index is 13.0. The number of aldehydes is 1. The monoisotopic (exact) mass is 425 g/mol. The molecule has 1 fully saturated rings. The fourth-order valence-corrected chi connectivity index (χ4v) is 5.15. The van der Waals surface area contributed by atoms with Gasteiger partial charge in [-0.2, -0.15) is 4.31 Å². The molecular weight excluding hydrogens is 402 g/mol. The summed E-state index contributed by atoms with van der Waals surface area (Å²) in [5.41, 5.74) is 2.40. The van der Waals surface area contributed by atoms with Crippen LogP contribution < -0.4 is 9.64 Å². The molecule has 7 nitrogen and oxygen atoms in total. The molecule has 0 amide bonds. The fourth-order valence-electron chi connectivity index (χ4n) is 3.73. The molecule has 3 aromatic rings. The number of para-hydroxylation sites is 1. The van der Waals surface area contributed by atoms with Gasteiger partial charge in [0.25, 0.3) is 0 Å². The van der Waals surface area contributed by atoms with Crippen LogP contribution in [0.25, 0.3) is 10.9 Å². The number of carbonyl (C=O) groups is 1. The maximum absolute atomic E-state index is 13.0. The van der Waals surface area contributed by atoms with Crippen LogP contribution in [0, 0.1) is 6.92 Å². The van der Waals surface area contributed by atoms with Gasteiger partial charge in [0.05, 0.1) is 23.1 Å². The fraction of sp³-hybridized carbons (Fsp3) is 0.273. The highest BCUT2D eigenvalue weighted by Crippen LogP contribution is 2.27. The molecule has 0 N–H and O–H groups in total. The summed E-state index contributed by atoms with van der Waals surface area (Å²) in [5.74, 6) is 1.21. The Balaban J connectivity index is 1.57. The second-order valence-electron chi connectivity index (χ2n) is 7.23. The summed E-state index contributed by atoms with van der Waals surface area (Å²) in [6.07, 6.45) is 0.810. The molecule has 0 aliphatic carbocycles. The minimum Gasteiger partial charge on any atom is -0.497 e. The van der Waals surface area contributed by atoms with Crippen LogP contribution in [0.5, 0.6) is 5.75 Å². The molecule has 2 aromatic carbocycles. The maximum Gasteiger partial charge on any atom is 0.243 e. The van der Waals surface area contributed by atoms with E-state index in [1.165, 1.54) is 4.31 Å². The molecule has 1 aromatic heterocycles. The zero-order valence-electron chi connectivity index (χ0n) is 16.9. The molecule has 4 rings (SSSR count). The van der Waals surface area contributed by atoms with Crippen LogP contribution in [0.4, 0.5) is 5.82 Å². The highest BCUT2D eigenvalue weighted by atomic mass is 32.2. The van der Waals surface area contributed by atoms with Crippen molar-refractivity contribution in [2.45, 2.75) is 11.8 Å². The lowest BCUT2D eigenvalue weighted by Crippen LogP contribution is -2.49. The quantitative estimate of drug-likeness (QED) is 0.585. The van der Waals surface area contributed by atoms with Gasteiger partial charge in [-0.3, -0.25) is 4.79 Å². The third kappa shape index (κ3) is 3.64. The number of ether oxygens (including phenoxy) is 1. The Hall–Kier alpha value is -2.97. The van der Waals surface area contributed by atoms with Crippen molar-refractivity contribution in [3.8, 4) is 5.75 Å². The molecule has 0 spiro atoms. The van der Waals surface area contributed by atoms with Crippen LogP contribution in [0.1, 0.15) is 15.9 Å². The van der Waals surface area contributed by atoms with Gasteiger partial charge in [-0.1, -0.05) is 18.2 Å². The minimum atomic E-state index is -3.59. The van der Waals surface area contributed by atoms with Gasteiger partial charge in [0.2, 0.25) is 10.0 Å². The van der Waals surface area contributed by atoms with E-state index in [0.29, 0.717) is 43.3 Å². The Kier molecular flexibility index (Phi) is 5.44. The van der Waals surface area contributed by atoms with E-state index >= 15 is 0 Å². The molecule has 0 bridgehead atoms. The zero-order valence-corrected chi connectivity index (χ0v) is 17.7. The van der Waals surface area contributed by atoms with Crippen LogP contribution in [0.3, 0.4) is 0 Å². The second kappa shape index (κ2) is 8.04. The number of sulfonamides is 1.